The molecule has 2 heterocycles. The standard InChI is InChI=1S/C20H17N3O3S/c1-11-9-12(2)18-15(10-11)27-20(21-18)22-19(26)13-3-5-14(6-4-13)23-16(24)7-8-17(23)25/h3-6,9-10H,7-8H2,1-2H3,(H,21,22,26). The molecule has 136 valence electrons. The molecule has 0 aliphatic carbocycles. The van der Waals surface area contributed by atoms with Gasteiger partial charge in [-0.1, -0.05) is 17.4 Å². The van der Waals surface area contributed by atoms with Crippen molar-refractivity contribution in [2.24, 2.45) is 0 Å². The minimum absolute atomic E-state index is 0.211. The molecule has 4 rings (SSSR count). The zero-order valence-corrected chi connectivity index (χ0v) is 15.7. The fraction of sp³-hybridized carbons (Fsp3) is 0.200. The molecule has 0 bridgehead atoms. The first-order valence-corrected chi connectivity index (χ1v) is 9.39. The van der Waals surface area contributed by atoms with E-state index < -0.39 is 0 Å². The maximum Gasteiger partial charge on any atom is 0.257 e. The van der Waals surface area contributed by atoms with Crippen molar-refractivity contribution in [1.82, 2.24) is 4.98 Å². The molecule has 1 aromatic heterocycles. The van der Waals surface area contributed by atoms with Gasteiger partial charge in [-0.25, -0.2) is 4.98 Å². The minimum Gasteiger partial charge on any atom is -0.298 e. The smallest absolute Gasteiger partial charge is 0.257 e. The van der Waals surface area contributed by atoms with Gasteiger partial charge < -0.3 is 0 Å². The van der Waals surface area contributed by atoms with Gasteiger partial charge >= 0.3 is 0 Å². The summed E-state index contributed by atoms with van der Waals surface area (Å²) in [4.78, 5) is 41.8. The van der Waals surface area contributed by atoms with Crippen LogP contribution < -0.4 is 10.2 Å². The Labute approximate surface area is 159 Å². The topological polar surface area (TPSA) is 79.4 Å². The number of nitrogens with zero attached hydrogens (tertiary/aromatic N) is 2. The Hall–Kier alpha value is -3.06. The molecule has 0 radical (unpaired) electrons. The predicted octanol–water partition coefficient (Wildman–Crippen LogP) is 3.82. The van der Waals surface area contributed by atoms with Gasteiger partial charge in [0.25, 0.3) is 5.91 Å². The van der Waals surface area contributed by atoms with Crippen LogP contribution in [0.2, 0.25) is 0 Å². The van der Waals surface area contributed by atoms with E-state index in [9.17, 15) is 14.4 Å². The van der Waals surface area contributed by atoms with Gasteiger partial charge in [-0.15, -0.1) is 0 Å². The predicted molar refractivity (Wildman–Crippen MR) is 105 cm³/mol. The molecule has 6 nitrogen and oxygen atoms in total. The van der Waals surface area contributed by atoms with Crippen LogP contribution >= 0.6 is 11.3 Å². The lowest BCUT2D eigenvalue weighted by Gasteiger charge is -2.13. The fourth-order valence-electron chi connectivity index (χ4n) is 3.22. The van der Waals surface area contributed by atoms with Crippen LogP contribution in [0.3, 0.4) is 0 Å². The number of fused-ring (bicyclic) bond motifs is 1. The zero-order valence-electron chi connectivity index (χ0n) is 14.9. The number of imide groups is 1. The Balaban J connectivity index is 1.54. The Morgan fingerprint density at radius 1 is 1.07 bits per heavy atom. The molecule has 1 N–H and O–H groups in total. The number of rotatable bonds is 3. The second kappa shape index (κ2) is 6.59. The second-order valence-electron chi connectivity index (χ2n) is 6.57. The average Bonchev–Trinajstić information content (AvgIpc) is 3.18. The zero-order chi connectivity index (χ0) is 19.1. The summed E-state index contributed by atoms with van der Waals surface area (Å²) in [6.07, 6.45) is 0.467. The molecule has 7 heteroatoms. The van der Waals surface area contributed by atoms with E-state index in [-0.39, 0.29) is 30.6 Å². The van der Waals surface area contributed by atoms with Crippen molar-refractivity contribution < 1.29 is 14.4 Å². The highest BCUT2D eigenvalue weighted by Crippen LogP contribution is 2.30. The summed E-state index contributed by atoms with van der Waals surface area (Å²) in [6.45, 7) is 4.03. The van der Waals surface area contributed by atoms with Crippen molar-refractivity contribution in [1.29, 1.82) is 0 Å². The largest absolute Gasteiger partial charge is 0.298 e. The molecular weight excluding hydrogens is 362 g/mol. The molecule has 1 saturated heterocycles. The molecule has 0 saturated carbocycles. The molecule has 3 amide bonds. The van der Waals surface area contributed by atoms with Crippen molar-refractivity contribution in [2.75, 3.05) is 10.2 Å². The highest BCUT2D eigenvalue weighted by molar-refractivity contribution is 7.22. The van der Waals surface area contributed by atoms with Crippen LogP contribution in [0, 0.1) is 13.8 Å². The van der Waals surface area contributed by atoms with E-state index in [1.54, 1.807) is 24.3 Å². The maximum atomic E-state index is 12.5. The minimum atomic E-state index is -0.283. The van der Waals surface area contributed by atoms with E-state index in [0.29, 0.717) is 16.4 Å². The third kappa shape index (κ3) is 3.21. The normalized spacial score (nSPS) is 14.2. The third-order valence-corrected chi connectivity index (χ3v) is 5.41. The molecule has 27 heavy (non-hydrogen) atoms. The molecule has 3 aromatic rings. The van der Waals surface area contributed by atoms with Gasteiger partial charge in [0.1, 0.15) is 0 Å². The van der Waals surface area contributed by atoms with Crippen LogP contribution in [-0.4, -0.2) is 22.7 Å². The van der Waals surface area contributed by atoms with Crippen LogP contribution in [0.15, 0.2) is 36.4 Å². The summed E-state index contributed by atoms with van der Waals surface area (Å²) in [7, 11) is 0. The number of carbonyl (C=O) groups excluding carboxylic acids is 3. The molecule has 1 aliphatic rings. The van der Waals surface area contributed by atoms with E-state index >= 15 is 0 Å². The summed E-state index contributed by atoms with van der Waals surface area (Å²) in [5.41, 5.74) is 4.05. The quantitative estimate of drug-likeness (QED) is 0.702. The lowest BCUT2D eigenvalue weighted by Crippen LogP contribution is -2.28. The fourth-order valence-corrected chi connectivity index (χ4v) is 4.26. The molecule has 1 aliphatic heterocycles. The number of aryl methyl sites for hydroxylation is 2. The van der Waals surface area contributed by atoms with Crippen molar-refractivity contribution in [3.05, 3.63) is 53.1 Å². The van der Waals surface area contributed by atoms with E-state index in [0.717, 1.165) is 21.3 Å². The van der Waals surface area contributed by atoms with Crippen LogP contribution in [0.1, 0.15) is 34.3 Å². The van der Waals surface area contributed by atoms with Gasteiger partial charge in [-0.2, -0.15) is 0 Å². The van der Waals surface area contributed by atoms with Gasteiger partial charge in [-0.3, -0.25) is 24.6 Å². The molecule has 1 fully saturated rings. The number of aromatic nitrogens is 1. The highest BCUT2D eigenvalue weighted by atomic mass is 32.1. The number of thiazole rings is 1. The summed E-state index contributed by atoms with van der Waals surface area (Å²) in [5, 5.41) is 3.36. The van der Waals surface area contributed by atoms with Crippen LogP contribution in [0.25, 0.3) is 10.2 Å². The van der Waals surface area contributed by atoms with Crippen LogP contribution in [0.4, 0.5) is 10.8 Å². The van der Waals surface area contributed by atoms with Gasteiger partial charge in [0.05, 0.1) is 15.9 Å². The van der Waals surface area contributed by atoms with Gasteiger partial charge in [0, 0.05) is 18.4 Å². The van der Waals surface area contributed by atoms with E-state index in [4.69, 9.17) is 0 Å². The highest BCUT2D eigenvalue weighted by Gasteiger charge is 2.30. The lowest BCUT2D eigenvalue weighted by molar-refractivity contribution is -0.121. The molecule has 0 atom stereocenters. The summed E-state index contributed by atoms with van der Waals surface area (Å²) in [6, 6.07) is 10.5. The molecule has 0 unspecified atom stereocenters. The first-order chi connectivity index (χ1) is 12.9. The monoisotopic (exact) mass is 379 g/mol. The summed E-state index contributed by atoms with van der Waals surface area (Å²) >= 11 is 1.43. The lowest BCUT2D eigenvalue weighted by atomic mass is 10.1. The Bertz CT molecular complexity index is 1070. The van der Waals surface area contributed by atoms with Crippen LogP contribution in [0.5, 0.6) is 0 Å². The number of hydrogen-bond donors (Lipinski definition) is 1. The van der Waals surface area contributed by atoms with Gasteiger partial charge in [0.15, 0.2) is 5.13 Å². The van der Waals surface area contributed by atoms with Crippen LogP contribution in [-0.2, 0) is 9.59 Å². The van der Waals surface area contributed by atoms with E-state index in [2.05, 4.69) is 22.4 Å². The van der Waals surface area contributed by atoms with Crippen molar-refractivity contribution >= 4 is 50.1 Å². The van der Waals surface area contributed by atoms with E-state index in [1.807, 2.05) is 13.8 Å². The summed E-state index contributed by atoms with van der Waals surface area (Å²) in [5.74, 6) is -0.705. The van der Waals surface area contributed by atoms with Gasteiger partial charge in [0.2, 0.25) is 11.8 Å². The van der Waals surface area contributed by atoms with Gasteiger partial charge in [-0.05, 0) is 55.3 Å². The third-order valence-electron chi connectivity index (χ3n) is 4.49. The second-order valence-corrected chi connectivity index (χ2v) is 7.60. The molecule has 0 spiro atoms. The number of benzene rings is 2. The molecule has 2 aromatic carbocycles. The first-order valence-electron chi connectivity index (χ1n) is 8.57. The average molecular weight is 379 g/mol. The Morgan fingerprint density at radius 3 is 2.41 bits per heavy atom. The Kier molecular flexibility index (Phi) is 4.24. The SMILES string of the molecule is Cc1cc(C)c2nc(NC(=O)c3ccc(N4C(=O)CCC4=O)cc3)sc2c1. The maximum absolute atomic E-state index is 12.5. The van der Waals surface area contributed by atoms with Crippen molar-refractivity contribution in [3.8, 4) is 0 Å². The number of hydrogen-bond acceptors (Lipinski definition) is 5. The summed E-state index contributed by atoms with van der Waals surface area (Å²) < 4.78 is 1.03. The van der Waals surface area contributed by atoms with Crippen molar-refractivity contribution in [2.45, 2.75) is 26.7 Å². The first kappa shape index (κ1) is 17.4. The Morgan fingerprint density at radius 2 is 1.74 bits per heavy atom. The van der Waals surface area contributed by atoms with Crippen molar-refractivity contribution in [3.63, 3.8) is 0 Å². The number of carbonyl (C=O) groups is 3. The molecular formula is C20H17N3O3S. The number of anilines is 2. The number of amides is 3. The van der Waals surface area contributed by atoms with E-state index in [1.165, 1.54) is 16.2 Å². The number of nitrogens with one attached hydrogen (secondary N) is 1.